The van der Waals surface area contributed by atoms with Crippen LogP contribution in [0.5, 0.6) is 0 Å². The highest BCUT2D eigenvalue weighted by atomic mass is 79.9. The molecule has 26 heavy (non-hydrogen) atoms. The molecule has 2 aromatic rings. The summed E-state index contributed by atoms with van der Waals surface area (Å²) in [5.74, 6) is 0. The van der Waals surface area contributed by atoms with Gasteiger partial charge in [0.15, 0.2) is 0 Å². The largest absolute Gasteiger partial charge is 0.371 e. The maximum Gasteiger partial charge on any atom is 0.319 e. The van der Waals surface area contributed by atoms with Crippen molar-refractivity contribution in [3.8, 4) is 0 Å². The van der Waals surface area contributed by atoms with Crippen LogP contribution in [0, 0.1) is 0 Å². The van der Waals surface area contributed by atoms with Crippen LogP contribution in [0.4, 0.5) is 16.2 Å². The van der Waals surface area contributed by atoms with Crippen molar-refractivity contribution in [2.75, 3.05) is 23.3 Å². The first-order chi connectivity index (χ1) is 12.6. The zero-order valence-electron chi connectivity index (χ0n) is 14.8. The lowest BCUT2D eigenvalue weighted by Gasteiger charge is -2.43. The van der Waals surface area contributed by atoms with Gasteiger partial charge in [0.05, 0.1) is 5.54 Å². The minimum Gasteiger partial charge on any atom is -0.371 e. The first-order valence-electron chi connectivity index (χ1n) is 9.35. The van der Waals surface area contributed by atoms with Gasteiger partial charge in [0.2, 0.25) is 0 Å². The lowest BCUT2D eigenvalue weighted by Crippen LogP contribution is -2.52. The maximum absolute atomic E-state index is 12.7. The highest BCUT2D eigenvalue weighted by molar-refractivity contribution is 9.10. The third-order valence-electron chi connectivity index (χ3n) is 5.51. The van der Waals surface area contributed by atoms with Crippen LogP contribution in [0.3, 0.4) is 0 Å². The number of rotatable bonds is 4. The molecule has 0 unspecified atom stereocenters. The van der Waals surface area contributed by atoms with Crippen LogP contribution in [-0.4, -0.2) is 19.1 Å². The number of benzene rings is 2. The molecule has 1 aliphatic heterocycles. The molecule has 0 aromatic heterocycles. The molecule has 4 nitrogen and oxygen atoms in total. The third-order valence-corrected chi connectivity index (χ3v) is 6.01. The molecule has 2 aromatic carbocycles. The Morgan fingerprint density at radius 1 is 1.00 bits per heavy atom. The summed E-state index contributed by atoms with van der Waals surface area (Å²) in [5, 5.41) is 6.25. The molecule has 1 saturated carbocycles. The van der Waals surface area contributed by atoms with Crippen molar-refractivity contribution >= 4 is 33.3 Å². The summed E-state index contributed by atoms with van der Waals surface area (Å²) >= 11 is 3.54. The number of nitrogens with zero attached hydrogens (tertiary/aromatic N) is 1. The fraction of sp³-hybridized carbons (Fsp3) is 0.381. The maximum atomic E-state index is 12.7. The summed E-state index contributed by atoms with van der Waals surface area (Å²) in [4.78, 5) is 15.0. The van der Waals surface area contributed by atoms with E-state index in [4.69, 9.17) is 0 Å². The van der Waals surface area contributed by atoms with Gasteiger partial charge in [-0.15, -0.1) is 0 Å². The first kappa shape index (κ1) is 17.4. The number of hydrogen-bond acceptors (Lipinski definition) is 2. The zero-order valence-corrected chi connectivity index (χ0v) is 16.4. The van der Waals surface area contributed by atoms with Crippen molar-refractivity contribution in [2.45, 2.75) is 37.6 Å². The second-order valence-electron chi connectivity index (χ2n) is 7.27. The Morgan fingerprint density at radius 3 is 2.46 bits per heavy atom. The number of halogens is 1. The second kappa shape index (κ2) is 7.31. The highest BCUT2D eigenvalue weighted by Gasteiger charge is 2.40. The fourth-order valence-electron chi connectivity index (χ4n) is 3.94. The van der Waals surface area contributed by atoms with Gasteiger partial charge in [-0.2, -0.15) is 0 Å². The van der Waals surface area contributed by atoms with Crippen molar-refractivity contribution in [3.05, 3.63) is 58.6 Å². The molecular weight excluding hydrogens is 390 g/mol. The topological polar surface area (TPSA) is 44.4 Å². The molecule has 0 spiro atoms. The summed E-state index contributed by atoms with van der Waals surface area (Å²) in [6.07, 6.45) is 5.58. The molecule has 0 bridgehead atoms. The lowest BCUT2D eigenvalue weighted by atomic mass is 9.72. The monoisotopic (exact) mass is 413 g/mol. The summed E-state index contributed by atoms with van der Waals surface area (Å²) in [6, 6.07) is 16.2. The lowest BCUT2D eigenvalue weighted by molar-refractivity contribution is 0.185. The van der Waals surface area contributed by atoms with Crippen molar-refractivity contribution in [1.29, 1.82) is 0 Å². The average molecular weight is 414 g/mol. The van der Waals surface area contributed by atoms with E-state index >= 15 is 0 Å². The second-order valence-corrected chi connectivity index (χ2v) is 8.19. The molecule has 0 atom stereocenters. The van der Waals surface area contributed by atoms with Crippen LogP contribution in [0.2, 0.25) is 0 Å². The molecule has 136 valence electrons. The number of anilines is 2. The van der Waals surface area contributed by atoms with Gasteiger partial charge in [-0.1, -0.05) is 34.1 Å². The van der Waals surface area contributed by atoms with Crippen LogP contribution < -0.4 is 15.5 Å². The quantitative estimate of drug-likeness (QED) is 0.718. The molecule has 2 fully saturated rings. The van der Waals surface area contributed by atoms with Crippen LogP contribution in [-0.2, 0) is 5.54 Å². The number of carbonyl (C=O) groups is 1. The van der Waals surface area contributed by atoms with E-state index in [1.165, 1.54) is 24.1 Å². The number of amides is 2. The zero-order chi connectivity index (χ0) is 18.0. The first-order valence-corrected chi connectivity index (χ1v) is 10.1. The standard InChI is InChI=1S/C21H24BrN3O/c22-17-7-3-6-16(14-17)21(10-5-11-21)24-20(26)23-18-8-4-9-19(15-18)25-12-1-2-13-25/h3-4,6-9,14-15H,1-2,5,10-13H2,(H2,23,24,26). The van der Waals surface area contributed by atoms with E-state index in [0.29, 0.717) is 0 Å². The molecule has 2 aliphatic rings. The Balaban J connectivity index is 1.46. The molecule has 4 rings (SSSR count). The number of hydrogen-bond donors (Lipinski definition) is 2. The van der Waals surface area contributed by atoms with Crippen molar-refractivity contribution in [1.82, 2.24) is 5.32 Å². The number of urea groups is 1. The van der Waals surface area contributed by atoms with Crippen LogP contribution in [0.1, 0.15) is 37.7 Å². The van der Waals surface area contributed by atoms with Gasteiger partial charge in [-0.3, -0.25) is 0 Å². The van der Waals surface area contributed by atoms with Crippen LogP contribution >= 0.6 is 15.9 Å². The Hall–Kier alpha value is -2.01. The van der Waals surface area contributed by atoms with Gasteiger partial charge in [0, 0.05) is 28.9 Å². The van der Waals surface area contributed by atoms with Crippen molar-refractivity contribution in [3.63, 3.8) is 0 Å². The molecule has 2 amide bonds. The smallest absolute Gasteiger partial charge is 0.319 e. The van der Waals surface area contributed by atoms with E-state index < -0.39 is 0 Å². The third kappa shape index (κ3) is 3.58. The van der Waals surface area contributed by atoms with E-state index in [2.05, 4.69) is 55.7 Å². The number of nitrogens with one attached hydrogen (secondary N) is 2. The predicted octanol–water partition coefficient (Wildman–Crippen LogP) is 5.25. The molecule has 0 radical (unpaired) electrons. The number of carbonyl (C=O) groups excluding carboxylic acids is 1. The molecule has 1 heterocycles. The van der Waals surface area contributed by atoms with E-state index in [-0.39, 0.29) is 11.6 Å². The van der Waals surface area contributed by atoms with Gasteiger partial charge in [0.25, 0.3) is 0 Å². The molecule has 1 saturated heterocycles. The summed E-state index contributed by atoms with van der Waals surface area (Å²) in [6.45, 7) is 2.20. The van der Waals surface area contributed by atoms with Gasteiger partial charge in [0.1, 0.15) is 0 Å². The van der Waals surface area contributed by atoms with Crippen LogP contribution in [0.25, 0.3) is 0 Å². The van der Waals surface area contributed by atoms with Crippen molar-refractivity contribution < 1.29 is 4.79 Å². The van der Waals surface area contributed by atoms with Gasteiger partial charge < -0.3 is 15.5 Å². The molecule has 1 aliphatic carbocycles. The van der Waals surface area contributed by atoms with Crippen molar-refractivity contribution in [2.24, 2.45) is 0 Å². The summed E-state index contributed by atoms with van der Waals surface area (Å²) < 4.78 is 1.04. The van der Waals surface area contributed by atoms with E-state index in [1.807, 2.05) is 24.3 Å². The Morgan fingerprint density at radius 2 is 1.77 bits per heavy atom. The van der Waals surface area contributed by atoms with Gasteiger partial charge in [-0.05, 0) is 68.0 Å². The molecular formula is C21H24BrN3O. The minimum absolute atomic E-state index is 0.136. The van der Waals surface area contributed by atoms with E-state index in [9.17, 15) is 4.79 Å². The fourth-order valence-corrected chi connectivity index (χ4v) is 4.34. The molecule has 5 heteroatoms. The Labute approximate surface area is 163 Å². The molecule has 2 N–H and O–H groups in total. The Bertz CT molecular complexity index is 797. The SMILES string of the molecule is O=C(Nc1cccc(N2CCCC2)c1)NC1(c2cccc(Br)c2)CCC1. The average Bonchev–Trinajstić information content (AvgIpc) is 3.13. The minimum atomic E-state index is -0.250. The van der Waals surface area contributed by atoms with Gasteiger partial charge in [-0.25, -0.2) is 4.79 Å². The van der Waals surface area contributed by atoms with Crippen LogP contribution in [0.15, 0.2) is 53.0 Å². The highest BCUT2D eigenvalue weighted by Crippen LogP contribution is 2.42. The Kier molecular flexibility index (Phi) is 4.90. The van der Waals surface area contributed by atoms with Gasteiger partial charge >= 0.3 is 6.03 Å². The van der Waals surface area contributed by atoms with E-state index in [1.54, 1.807) is 0 Å². The van der Waals surface area contributed by atoms with E-state index in [0.717, 1.165) is 42.5 Å². The summed E-state index contributed by atoms with van der Waals surface area (Å²) in [7, 11) is 0. The summed E-state index contributed by atoms with van der Waals surface area (Å²) in [5.41, 5.74) is 2.95. The normalized spacial score (nSPS) is 18.3. The predicted molar refractivity (Wildman–Crippen MR) is 110 cm³/mol.